The van der Waals surface area contributed by atoms with Crippen molar-refractivity contribution in [2.45, 2.75) is 44.3 Å². The summed E-state index contributed by atoms with van der Waals surface area (Å²) in [6.45, 7) is 6.58. The Hall–Kier alpha value is -7.10. The van der Waals surface area contributed by atoms with Gasteiger partial charge in [0.2, 0.25) is 0 Å². The lowest BCUT2D eigenvalue weighted by Gasteiger charge is -2.34. The number of rotatable bonds is 8. The highest BCUT2D eigenvalue weighted by atomic mass is 16.5. The minimum Gasteiger partial charge on any atom is -0.478 e. The van der Waals surface area contributed by atoms with Crippen LogP contribution in [0.4, 0.5) is 0 Å². The summed E-state index contributed by atoms with van der Waals surface area (Å²) in [5, 5.41) is 30.3. The van der Waals surface area contributed by atoms with E-state index in [4.69, 9.17) is 14.2 Å². The Labute approximate surface area is 337 Å². The average Bonchev–Trinajstić information content (AvgIpc) is 3.49. The summed E-state index contributed by atoms with van der Waals surface area (Å²) < 4.78 is 17.2. The summed E-state index contributed by atoms with van der Waals surface area (Å²) in [5.74, 6) is 13.0. The van der Waals surface area contributed by atoms with E-state index in [9.17, 15) is 24.9 Å². The van der Waals surface area contributed by atoms with Crippen molar-refractivity contribution >= 4 is 11.9 Å². The number of hydrogen-bond acceptors (Lipinski definition) is 7. The molecule has 3 N–H and O–H groups in total. The predicted octanol–water partition coefficient (Wildman–Crippen LogP) is 9.36. The molecule has 0 radical (unpaired) electrons. The van der Waals surface area contributed by atoms with Crippen molar-refractivity contribution in [3.63, 3.8) is 0 Å². The molecule has 0 amide bonds. The molecule has 0 bridgehead atoms. The van der Waals surface area contributed by atoms with E-state index in [0.717, 1.165) is 44.5 Å². The number of benzene rings is 6. The molecule has 0 unspecified atom stereocenters. The summed E-state index contributed by atoms with van der Waals surface area (Å²) in [5.41, 5.74) is 4.43. The first-order chi connectivity index (χ1) is 27.6. The van der Waals surface area contributed by atoms with Gasteiger partial charge in [0.15, 0.2) is 0 Å². The molecule has 1 aliphatic carbocycles. The van der Waals surface area contributed by atoms with E-state index in [0.29, 0.717) is 28.6 Å². The van der Waals surface area contributed by atoms with Gasteiger partial charge in [0.25, 0.3) is 0 Å². The van der Waals surface area contributed by atoms with E-state index >= 15 is 0 Å². The third kappa shape index (κ3) is 8.21. The molecule has 6 aromatic carbocycles. The van der Waals surface area contributed by atoms with Crippen molar-refractivity contribution < 1.29 is 39.1 Å². The van der Waals surface area contributed by atoms with Crippen molar-refractivity contribution in [1.82, 2.24) is 0 Å². The Balaban J connectivity index is 1.40. The number of aromatic carboxylic acids is 1. The van der Waals surface area contributed by atoms with Crippen molar-refractivity contribution in [3.8, 4) is 57.8 Å². The van der Waals surface area contributed by atoms with Crippen LogP contribution in [-0.2, 0) is 10.2 Å². The average molecular weight is 769 g/mol. The SMILES string of the molecule is COC(=O)c1ccc(Oc2ccc(C3(c4ccc(Oc5ccc(C(=O)O)cc5)cc4)c4cc(C#CC(C)(C)O)ccc4-c4ccc(C#CC(C)(C)O)cc43)cc2)cc1. The lowest BCUT2D eigenvalue weighted by atomic mass is 9.67. The first-order valence-electron chi connectivity index (χ1n) is 18.5. The van der Waals surface area contributed by atoms with Gasteiger partial charge in [0.1, 0.15) is 34.2 Å². The Kier molecular flexibility index (Phi) is 10.4. The summed E-state index contributed by atoms with van der Waals surface area (Å²) in [4.78, 5) is 23.4. The maximum absolute atomic E-state index is 12.0. The van der Waals surface area contributed by atoms with Gasteiger partial charge in [0.05, 0.1) is 23.7 Å². The Morgan fingerprint density at radius 1 is 0.534 bits per heavy atom. The van der Waals surface area contributed by atoms with Crippen LogP contribution in [0.1, 0.15) is 81.8 Å². The zero-order valence-electron chi connectivity index (χ0n) is 32.6. The number of ether oxygens (including phenoxy) is 3. The number of carboxylic acid groups (broad SMARTS) is 1. The number of carbonyl (C=O) groups is 2. The standard InChI is InChI=1S/C50H40O8/c1-48(2,54)28-26-32-6-24-42-43-25-7-33(27-29-49(3,4)55)31-45(43)50(44(42)30-32,36-12-20-40(21-13-36)57-38-16-8-34(9-17-38)46(51)52)37-14-22-41(23-15-37)58-39-18-10-35(11-19-39)47(53)56-5/h6-25,30-31,54-55H,1-5H3,(H,51,52). The highest BCUT2D eigenvalue weighted by Crippen LogP contribution is 2.57. The molecule has 0 saturated heterocycles. The number of carbonyl (C=O) groups excluding carboxylic acids is 1. The second kappa shape index (κ2) is 15.4. The zero-order chi connectivity index (χ0) is 41.2. The first-order valence-corrected chi connectivity index (χ1v) is 18.5. The fourth-order valence-corrected chi connectivity index (χ4v) is 6.98. The molecule has 7 rings (SSSR count). The summed E-state index contributed by atoms with van der Waals surface area (Å²) in [7, 11) is 1.34. The molecule has 288 valence electrons. The first kappa shape index (κ1) is 39.1. The Morgan fingerprint density at radius 3 is 1.24 bits per heavy atom. The van der Waals surface area contributed by atoms with Crippen molar-refractivity contribution in [2.24, 2.45) is 0 Å². The molecule has 58 heavy (non-hydrogen) atoms. The molecular weight excluding hydrogens is 729 g/mol. The van der Waals surface area contributed by atoms with Gasteiger partial charge in [-0.1, -0.05) is 60.1 Å². The summed E-state index contributed by atoms with van der Waals surface area (Å²) in [6, 6.07) is 40.7. The van der Waals surface area contributed by atoms with Crippen LogP contribution in [0.5, 0.6) is 23.0 Å². The maximum Gasteiger partial charge on any atom is 0.337 e. The van der Waals surface area contributed by atoms with Gasteiger partial charge < -0.3 is 29.5 Å². The van der Waals surface area contributed by atoms with Crippen LogP contribution in [0.25, 0.3) is 11.1 Å². The quantitative estimate of drug-likeness (QED) is 0.103. The topological polar surface area (TPSA) is 123 Å². The number of hydrogen-bond donors (Lipinski definition) is 3. The fourth-order valence-electron chi connectivity index (χ4n) is 6.98. The molecule has 0 saturated carbocycles. The molecule has 6 aromatic rings. The van der Waals surface area contributed by atoms with Crippen molar-refractivity contribution in [2.75, 3.05) is 7.11 Å². The van der Waals surface area contributed by atoms with Gasteiger partial charge in [-0.25, -0.2) is 9.59 Å². The van der Waals surface area contributed by atoms with Gasteiger partial charge in [-0.3, -0.25) is 0 Å². The van der Waals surface area contributed by atoms with E-state index in [2.05, 4.69) is 47.9 Å². The number of aliphatic hydroxyl groups is 2. The molecule has 0 heterocycles. The predicted molar refractivity (Wildman–Crippen MR) is 221 cm³/mol. The minimum atomic E-state index is -1.20. The van der Waals surface area contributed by atoms with Gasteiger partial charge >= 0.3 is 11.9 Å². The van der Waals surface area contributed by atoms with E-state index in [1.54, 1.807) is 64.1 Å². The van der Waals surface area contributed by atoms with E-state index in [1.165, 1.54) is 19.2 Å². The third-order valence-corrected chi connectivity index (χ3v) is 9.59. The number of carboxylic acids is 1. The smallest absolute Gasteiger partial charge is 0.337 e. The monoisotopic (exact) mass is 768 g/mol. The second-order valence-corrected chi connectivity index (χ2v) is 15.0. The number of fused-ring (bicyclic) bond motifs is 3. The summed E-state index contributed by atoms with van der Waals surface area (Å²) >= 11 is 0. The summed E-state index contributed by atoms with van der Waals surface area (Å²) in [6.07, 6.45) is 0. The Bertz CT molecular complexity index is 2560. The zero-order valence-corrected chi connectivity index (χ0v) is 32.6. The van der Waals surface area contributed by atoms with E-state index < -0.39 is 28.6 Å². The van der Waals surface area contributed by atoms with Crippen LogP contribution in [-0.4, -0.2) is 45.6 Å². The van der Waals surface area contributed by atoms with E-state index in [-0.39, 0.29) is 5.56 Å². The number of methoxy groups -OCH3 is 1. The molecule has 1 aliphatic rings. The normalized spacial score (nSPS) is 12.5. The minimum absolute atomic E-state index is 0.161. The van der Waals surface area contributed by atoms with Gasteiger partial charge in [-0.05, 0) is 158 Å². The second-order valence-electron chi connectivity index (χ2n) is 15.0. The van der Waals surface area contributed by atoms with Gasteiger partial charge in [0, 0.05) is 11.1 Å². The molecule has 0 atom stereocenters. The van der Waals surface area contributed by atoms with Crippen LogP contribution in [0, 0.1) is 23.7 Å². The number of esters is 1. The fraction of sp³-hybridized carbons (Fsp3) is 0.160. The van der Waals surface area contributed by atoms with Crippen LogP contribution in [0.3, 0.4) is 0 Å². The largest absolute Gasteiger partial charge is 0.478 e. The van der Waals surface area contributed by atoms with Crippen LogP contribution in [0.2, 0.25) is 0 Å². The Morgan fingerprint density at radius 2 is 0.897 bits per heavy atom. The highest BCUT2D eigenvalue weighted by Gasteiger charge is 2.46. The highest BCUT2D eigenvalue weighted by molar-refractivity contribution is 5.90. The third-order valence-electron chi connectivity index (χ3n) is 9.59. The molecule has 0 spiro atoms. The lowest BCUT2D eigenvalue weighted by molar-refractivity contribution is 0.0599. The molecule has 0 aromatic heterocycles. The van der Waals surface area contributed by atoms with Crippen LogP contribution in [0.15, 0.2) is 133 Å². The molecule has 8 nitrogen and oxygen atoms in total. The van der Waals surface area contributed by atoms with Crippen LogP contribution >= 0.6 is 0 Å². The lowest BCUT2D eigenvalue weighted by Crippen LogP contribution is -2.28. The van der Waals surface area contributed by atoms with Crippen molar-refractivity contribution in [3.05, 3.63) is 178 Å². The molecular formula is C50H40O8. The molecule has 8 heteroatoms. The van der Waals surface area contributed by atoms with Gasteiger partial charge in [-0.2, -0.15) is 0 Å². The maximum atomic E-state index is 12.0. The van der Waals surface area contributed by atoms with Crippen molar-refractivity contribution in [1.29, 1.82) is 0 Å². The molecule has 0 fully saturated rings. The van der Waals surface area contributed by atoms with Gasteiger partial charge in [-0.15, -0.1) is 0 Å². The van der Waals surface area contributed by atoms with Crippen LogP contribution < -0.4 is 9.47 Å². The van der Waals surface area contributed by atoms with E-state index in [1.807, 2.05) is 60.7 Å². The molecule has 0 aliphatic heterocycles.